The van der Waals surface area contributed by atoms with Crippen molar-refractivity contribution >= 4 is 32.2 Å². The number of pyridine rings is 1. The molecule has 3 aromatic rings. The molecule has 0 bridgehead atoms. The highest BCUT2D eigenvalue weighted by atomic mass is 32.2. The molecule has 4 rings (SSSR count). The maximum atomic E-state index is 12.2. The second kappa shape index (κ2) is 8.39. The zero-order valence-corrected chi connectivity index (χ0v) is 19.2. The molecule has 31 heavy (non-hydrogen) atoms. The lowest BCUT2D eigenvalue weighted by Gasteiger charge is -2.33. The average Bonchev–Trinajstić information content (AvgIpc) is 2.72. The van der Waals surface area contributed by atoms with E-state index in [2.05, 4.69) is 42.8 Å². The molecule has 0 spiro atoms. The summed E-state index contributed by atoms with van der Waals surface area (Å²) in [6, 6.07) is 9.09. The molecule has 8 nitrogen and oxygen atoms in total. The SMILES string of the molecule is Cc1nc(CN(C)c2ccc(S(C)(=O)=O)c3cccnc23)cc(N2CCN(C)CC2)n1. The Morgan fingerprint density at radius 3 is 2.55 bits per heavy atom. The molecular formula is C22H28N6O2S. The molecule has 1 fully saturated rings. The average molecular weight is 441 g/mol. The number of piperazine rings is 1. The molecule has 1 saturated heterocycles. The topological polar surface area (TPSA) is 82.5 Å². The van der Waals surface area contributed by atoms with Gasteiger partial charge >= 0.3 is 0 Å². The maximum absolute atomic E-state index is 12.2. The summed E-state index contributed by atoms with van der Waals surface area (Å²) in [5.41, 5.74) is 2.44. The van der Waals surface area contributed by atoms with E-state index < -0.39 is 9.84 Å². The van der Waals surface area contributed by atoms with Crippen molar-refractivity contribution in [1.82, 2.24) is 19.9 Å². The van der Waals surface area contributed by atoms with Crippen LogP contribution in [0.1, 0.15) is 11.5 Å². The zero-order chi connectivity index (χ0) is 22.2. The van der Waals surface area contributed by atoms with E-state index in [1.807, 2.05) is 20.0 Å². The van der Waals surface area contributed by atoms with Crippen LogP contribution in [0, 0.1) is 6.92 Å². The van der Waals surface area contributed by atoms with Gasteiger partial charge in [-0.1, -0.05) is 0 Å². The van der Waals surface area contributed by atoms with Gasteiger partial charge in [-0.2, -0.15) is 0 Å². The van der Waals surface area contributed by atoms with Crippen molar-refractivity contribution in [3.05, 3.63) is 48.0 Å². The summed E-state index contributed by atoms with van der Waals surface area (Å²) in [5, 5.41) is 0.631. The lowest BCUT2D eigenvalue weighted by molar-refractivity contribution is 0.312. The van der Waals surface area contributed by atoms with E-state index in [4.69, 9.17) is 0 Å². The van der Waals surface area contributed by atoms with Gasteiger partial charge in [0.2, 0.25) is 0 Å². The summed E-state index contributed by atoms with van der Waals surface area (Å²) < 4.78 is 24.4. The Morgan fingerprint density at radius 2 is 1.84 bits per heavy atom. The number of rotatable bonds is 5. The Bertz CT molecular complexity index is 1210. The van der Waals surface area contributed by atoms with Gasteiger partial charge in [0.15, 0.2) is 9.84 Å². The van der Waals surface area contributed by atoms with Crippen molar-refractivity contribution in [3.8, 4) is 0 Å². The molecule has 9 heteroatoms. The summed E-state index contributed by atoms with van der Waals surface area (Å²) in [7, 11) is 0.758. The lowest BCUT2D eigenvalue weighted by Crippen LogP contribution is -2.45. The van der Waals surface area contributed by atoms with Crippen molar-refractivity contribution < 1.29 is 8.42 Å². The van der Waals surface area contributed by atoms with Crippen molar-refractivity contribution in [2.75, 3.05) is 56.3 Å². The largest absolute Gasteiger partial charge is 0.367 e. The number of benzene rings is 1. The predicted molar refractivity (Wildman–Crippen MR) is 123 cm³/mol. The molecule has 3 heterocycles. The summed E-state index contributed by atoms with van der Waals surface area (Å²) in [6.45, 7) is 6.41. The highest BCUT2D eigenvalue weighted by Crippen LogP contribution is 2.30. The van der Waals surface area contributed by atoms with Crippen LogP contribution in [0.3, 0.4) is 0 Å². The van der Waals surface area contributed by atoms with E-state index in [0.717, 1.165) is 49.2 Å². The number of anilines is 2. The van der Waals surface area contributed by atoms with Gasteiger partial charge in [-0.05, 0) is 38.2 Å². The Labute approximate surface area is 183 Å². The Balaban J connectivity index is 1.65. The molecule has 1 aliphatic heterocycles. The zero-order valence-electron chi connectivity index (χ0n) is 18.4. The van der Waals surface area contributed by atoms with E-state index in [-0.39, 0.29) is 0 Å². The van der Waals surface area contributed by atoms with E-state index >= 15 is 0 Å². The van der Waals surface area contributed by atoms with Gasteiger partial charge < -0.3 is 14.7 Å². The maximum Gasteiger partial charge on any atom is 0.176 e. The minimum absolute atomic E-state index is 0.294. The van der Waals surface area contributed by atoms with E-state index in [1.54, 1.807) is 24.4 Å². The van der Waals surface area contributed by atoms with Crippen molar-refractivity contribution in [2.45, 2.75) is 18.4 Å². The van der Waals surface area contributed by atoms with E-state index in [0.29, 0.717) is 22.3 Å². The molecule has 1 aliphatic rings. The molecule has 0 saturated carbocycles. The number of likely N-dealkylation sites (N-methyl/N-ethyl adjacent to an activating group) is 1. The number of nitrogens with zero attached hydrogens (tertiary/aromatic N) is 6. The molecule has 0 unspecified atom stereocenters. The van der Waals surface area contributed by atoms with Gasteiger partial charge in [0.25, 0.3) is 0 Å². The molecule has 0 aliphatic carbocycles. The number of aromatic nitrogens is 3. The third-order valence-electron chi connectivity index (χ3n) is 5.62. The third-order valence-corrected chi connectivity index (χ3v) is 6.78. The standard InChI is InChI=1S/C22H28N6O2S/c1-16-24-17(14-21(25-16)28-12-10-26(2)11-13-28)15-27(3)19-7-8-20(31(4,29)30)18-6-5-9-23-22(18)19/h5-9,14H,10-13,15H2,1-4H3. The minimum Gasteiger partial charge on any atom is -0.367 e. The molecule has 0 amide bonds. The normalized spacial score (nSPS) is 15.4. The number of hydrogen-bond donors (Lipinski definition) is 0. The van der Waals surface area contributed by atoms with Gasteiger partial charge in [0, 0.05) is 57.1 Å². The quantitative estimate of drug-likeness (QED) is 0.597. The molecule has 2 aromatic heterocycles. The highest BCUT2D eigenvalue weighted by molar-refractivity contribution is 7.91. The molecule has 164 valence electrons. The Morgan fingerprint density at radius 1 is 1.10 bits per heavy atom. The van der Waals surface area contributed by atoms with Gasteiger partial charge in [-0.15, -0.1) is 0 Å². The first-order valence-corrected chi connectivity index (χ1v) is 12.2. The van der Waals surface area contributed by atoms with Crippen LogP contribution in [0.4, 0.5) is 11.5 Å². The second-order valence-electron chi connectivity index (χ2n) is 8.17. The van der Waals surface area contributed by atoms with Crippen LogP contribution < -0.4 is 9.80 Å². The van der Waals surface area contributed by atoms with Gasteiger partial charge in [0.1, 0.15) is 11.6 Å². The second-order valence-corrected chi connectivity index (χ2v) is 10.1. The summed E-state index contributed by atoms with van der Waals surface area (Å²) in [5.74, 6) is 1.70. The molecule has 0 atom stereocenters. The fourth-order valence-electron chi connectivity index (χ4n) is 3.98. The molecule has 1 aromatic carbocycles. The fourth-order valence-corrected chi connectivity index (χ4v) is 4.86. The van der Waals surface area contributed by atoms with Crippen LogP contribution in [0.15, 0.2) is 41.4 Å². The molecular weight excluding hydrogens is 412 g/mol. The minimum atomic E-state index is -3.35. The van der Waals surface area contributed by atoms with Gasteiger partial charge in [-0.25, -0.2) is 18.4 Å². The van der Waals surface area contributed by atoms with Crippen molar-refractivity contribution in [3.63, 3.8) is 0 Å². The highest BCUT2D eigenvalue weighted by Gasteiger charge is 2.19. The van der Waals surface area contributed by atoms with Crippen LogP contribution in [-0.4, -0.2) is 74.8 Å². The van der Waals surface area contributed by atoms with E-state index in [9.17, 15) is 8.42 Å². The molecule has 0 N–H and O–H groups in total. The third kappa shape index (κ3) is 4.62. The van der Waals surface area contributed by atoms with Crippen LogP contribution in [0.25, 0.3) is 10.9 Å². The van der Waals surface area contributed by atoms with Crippen molar-refractivity contribution in [1.29, 1.82) is 0 Å². The Hall–Kier alpha value is -2.78. The lowest BCUT2D eigenvalue weighted by atomic mass is 10.1. The number of fused-ring (bicyclic) bond motifs is 1. The van der Waals surface area contributed by atoms with Gasteiger partial charge in [-0.3, -0.25) is 4.98 Å². The van der Waals surface area contributed by atoms with Crippen LogP contribution in [0.2, 0.25) is 0 Å². The molecule has 0 radical (unpaired) electrons. The number of hydrogen-bond acceptors (Lipinski definition) is 8. The fraction of sp³-hybridized carbons (Fsp3) is 0.409. The number of sulfone groups is 1. The smallest absolute Gasteiger partial charge is 0.176 e. The van der Waals surface area contributed by atoms with Crippen LogP contribution in [0.5, 0.6) is 0 Å². The van der Waals surface area contributed by atoms with Crippen LogP contribution >= 0.6 is 0 Å². The monoisotopic (exact) mass is 440 g/mol. The summed E-state index contributed by atoms with van der Waals surface area (Å²) >= 11 is 0. The first-order valence-electron chi connectivity index (χ1n) is 10.3. The summed E-state index contributed by atoms with van der Waals surface area (Å²) in [4.78, 5) is 20.7. The number of aryl methyl sites for hydroxylation is 1. The van der Waals surface area contributed by atoms with Crippen molar-refractivity contribution in [2.24, 2.45) is 0 Å². The summed E-state index contributed by atoms with van der Waals surface area (Å²) in [6.07, 6.45) is 2.91. The Kier molecular flexibility index (Phi) is 5.81. The van der Waals surface area contributed by atoms with Gasteiger partial charge in [0.05, 0.1) is 28.3 Å². The van der Waals surface area contributed by atoms with Crippen LogP contribution in [-0.2, 0) is 16.4 Å². The first-order chi connectivity index (χ1) is 14.7. The van der Waals surface area contributed by atoms with E-state index in [1.165, 1.54) is 6.26 Å². The predicted octanol–water partition coefficient (Wildman–Crippen LogP) is 2.12. The first kappa shape index (κ1) is 21.5.